The van der Waals surface area contributed by atoms with E-state index >= 15 is 0 Å². The van der Waals surface area contributed by atoms with Gasteiger partial charge in [0.15, 0.2) is 0 Å². The Bertz CT molecular complexity index is 2860. The van der Waals surface area contributed by atoms with Crippen molar-refractivity contribution >= 4 is 35.2 Å². The van der Waals surface area contributed by atoms with E-state index in [-0.39, 0.29) is 20.1 Å². The second kappa shape index (κ2) is 18.9. The van der Waals surface area contributed by atoms with Gasteiger partial charge in [0, 0.05) is 37.9 Å². The van der Waals surface area contributed by atoms with Gasteiger partial charge in [-0.3, -0.25) is 0 Å². The summed E-state index contributed by atoms with van der Waals surface area (Å²) in [4.78, 5) is 9.54. The monoisotopic (exact) mass is 987 g/mol. The maximum Gasteiger partial charge on any atom is 0.121 e. The Morgan fingerprint density at radius 3 is 1.85 bits per heavy atom. The van der Waals surface area contributed by atoms with Gasteiger partial charge >= 0.3 is 0 Å². The molecule has 305 valence electrons. The fourth-order valence-corrected chi connectivity index (χ4v) is 10.3. The molecule has 0 bridgehead atoms. The third kappa shape index (κ3) is 9.61. The summed E-state index contributed by atoms with van der Waals surface area (Å²) in [6.07, 6.45) is 12.2. The van der Waals surface area contributed by atoms with E-state index in [0.717, 1.165) is 67.1 Å². The van der Waals surface area contributed by atoms with E-state index in [0.29, 0.717) is 0 Å². The van der Waals surface area contributed by atoms with E-state index in [4.69, 9.17) is 9.40 Å². The number of pyridine rings is 2. The van der Waals surface area contributed by atoms with Gasteiger partial charge in [0.05, 0.1) is 13.7 Å². The molecule has 0 N–H and O–H groups in total. The van der Waals surface area contributed by atoms with Crippen molar-refractivity contribution in [1.29, 1.82) is 0 Å². The van der Waals surface area contributed by atoms with E-state index in [1.807, 2.05) is 48.7 Å². The molecule has 6 aromatic carbocycles. The summed E-state index contributed by atoms with van der Waals surface area (Å²) in [6.45, 7) is 7.32. The Kier molecular flexibility index (Phi) is 13.0. The maximum absolute atomic E-state index is 6.37. The van der Waals surface area contributed by atoms with Gasteiger partial charge in [-0.25, -0.2) is 0 Å². The van der Waals surface area contributed by atoms with Crippen LogP contribution in [0.2, 0.25) is 19.6 Å². The van der Waals surface area contributed by atoms with Gasteiger partial charge in [0.25, 0.3) is 0 Å². The van der Waals surface area contributed by atoms with E-state index < -0.39 is 8.07 Å². The average molecular weight is 987 g/mol. The smallest absolute Gasteiger partial charge is 0.121 e. The van der Waals surface area contributed by atoms with Crippen LogP contribution in [0, 0.1) is 18.1 Å². The molecule has 1 radical (unpaired) electrons. The van der Waals surface area contributed by atoms with Gasteiger partial charge in [0.2, 0.25) is 0 Å². The SMILES string of the molecule is C[Si](C)(C)c1cnc(-c2[c-]ccc(-c3ccccc3)c2)cc1CC1CCCCC1.[Ir].[c-]1ccc2c(oc3cc(-c4ccccc4)ccc32)c1-c1cc(-c2ccccc2)ccn1. The van der Waals surface area contributed by atoms with Gasteiger partial charge in [-0.2, -0.15) is 0 Å². The number of hydrogen-bond acceptors (Lipinski definition) is 3. The molecule has 3 aromatic heterocycles. The Hall–Kier alpha value is -5.71. The largest absolute Gasteiger partial charge is 0.501 e. The average Bonchev–Trinajstić information content (AvgIpc) is 3.68. The van der Waals surface area contributed by atoms with Crippen molar-refractivity contribution in [2.75, 3.05) is 0 Å². The number of hydrogen-bond donors (Lipinski definition) is 0. The molecular weight excluding hydrogens is 937 g/mol. The third-order valence-corrected chi connectivity index (χ3v) is 13.9. The number of furan rings is 1. The predicted octanol–water partition coefficient (Wildman–Crippen LogP) is 14.7. The van der Waals surface area contributed by atoms with Gasteiger partial charge < -0.3 is 14.4 Å². The first-order valence-corrected chi connectivity index (χ1v) is 24.9. The molecule has 0 saturated heterocycles. The molecular formula is C56H50IrN2OSi-2. The van der Waals surface area contributed by atoms with Crippen LogP contribution in [0.25, 0.3) is 77.8 Å². The number of rotatable bonds is 8. The molecule has 61 heavy (non-hydrogen) atoms. The molecule has 0 amide bonds. The summed E-state index contributed by atoms with van der Waals surface area (Å²) in [5.74, 6) is 0.841. The van der Waals surface area contributed by atoms with Crippen molar-refractivity contribution in [3.8, 4) is 55.9 Å². The topological polar surface area (TPSA) is 38.9 Å². The van der Waals surface area contributed by atoms with Crippen LogP contribution in [-0.2, 0) is 26.5 Å². The van der Waals surface area contributed by atoms with Crippen LogP contribution >= 0.6 is 0 Å². The van der Waals surface area contributed by atoms with E-state index in [2.05, 4.69) is 158 Å². The molecule has 1 saturated carbocycles. The van der Waals surface area contributed by atoms with Gasteiger partial charge in [-0.1, -0.05) is 184 Å². The van der Waals surface area contributed by atoms with E-state index in [1.165, 1.54) is 60.4 Å². The summed E-state index contributed by atoms with van der Waals surface area (Å²) >= 11 is 0. The first kappa shape index (κ1) is 42.0. The first-order chi connectivity index (χ1) is 29.4. The van der Waals surface area contributed by atoms with Crippen molar-refractivity contribution in [2.45, 2.75) is 58.2 Å². The first-order valence-electron chi connectivity index (χ1n) is 21.4. The minimum Gasteiger partial charge on any atom is -0.501 e. The summed E-state index contributed by atoms with van der Waals surface area (Å²) in [5.41, 5.74) is 14.2. The molecule has 3 nitrogen and oxygen atoms in total. The summed E-state index contributed by atoms with van der Waals surface area (Å²) in [6, 6.07) is 61.4. The number of aromatic nitrogens is 2. The Morgan fingerprint density at radius 1 is 0.574 bits per heavy atom. The molecule has 1 fully saturated rings. The fourth-order valence-electron chi connectivity index (χ4n) is 8.73. The molecule has 5 heteroatoms. The van der Waals surface area contributed by atoms with Crippen LogP contribution in [0.5, 0.6) is 0 Å². The van der Waals surface area contributed by atoms with Crippen LogP contribution in [0.1, 0.15) is 37.7 Å². The molecule has 0 spiro atoms. The van der Waals surface area contributed by atoms with Crippen molar-refractivity contribution in [2.24, 2.45) is 5.92 Å². The molecule has 10 rings (SSSR count). The van der Waals surface area contributed by atoms with E-state index in [1.54, 1.807) is 5.56 Å². The summed E-state index contributed by atoms with van der Waals surface area (Å²) in [7, 11) is -1.42. The van der Waals surface area contributed by atoms with Crippen LogP contribution in [0.4, 0.5) is 0 Å². The molecule has 1 aliphatic rings. The maximum atomic E-state index is 6.37. The standard InChI is InChI=1S/C29H18NO.C27H32NSi.Ir/c1-3-8-20(9-4-1)22-14-15-24-25-12-7-13-26(29(25)31-28(24)19-22)27-18-23(16-17-30-27)21-10-5-2-6-11-21;1-29(2,3)27-20-28-26(19-25(27)17-21-11-6-4-7-12-21)24-16-10-15-23(18-24)22-13-8-5-9-14-22;/h1-12,14-19H;5,8-10,13-15,18-21H,4,6-7,11-12,17H2,1-3H3;/q2*-1;. The molecule has 3 heterocycles. The van der Waals surface area contributed by atoms with Crippen molar-refractivity contribution < 1.29 is 24.5 Å². The van der Waals surface area contributed by atoms with Crippen molar-refractivity contribution in [3.63, 3.8) is 0 Å². The van der Waals surface area contributed by atoms with Crippen molar-refractivity contribution in [3.05, 3.63) is 188 Å². The van der Waals surface area contributed by atoms with Crippen LogP contribution in [0.15, 0.2) is 175 Å². The minimum atomic E-state index is -1.42. The normalized spacial score (nSPS) is 13.0. The van der Waals surface area contributed by atoms with Crippen LogP contribution in [-0.4, -0.2) is 18.0 Å². The van der Waals surface area contributed by atoms with Crippen molar-refractivity contribution in [1.82, 2.24) is 9.97 Å². The fraction of sp³-hybridized carbons (Fsp3) is 0.179. The minimum absolute atomic E-state index is 0. The second-order valence-electron chi connectivity index (χ2n) is 17.1. The molecule has 9 aromatic rings. The van der Waals surface area contributed by atoms with Gasteiger partial charge in [0.1, 0.15) is 5.58 Å². The van der Waals surface area contributed by atoms with Crippen LogP contribution < -0.4 is 5.19 Å². The Morgan fingerprint density at radius 2 is 1.20 bits per heavy atom. The molecule has 1 aliphatic carbocycles. The Balaban J connectivity index is 0.000000166. The summed E-state index contributed by atoms with van der Waals surface area (Å²) in [5, 5.41) is 3.71. The second-order valence-corrected chi connectivity index (χ2v) is 22.2. The predicted molar refractivity (Wildman–Crippen MR) is 254 cm³/mol. The zero-order valence-electron chi connectivity index (χ0n) is 35.1. The van der Waals surface area contributed by atoms with Crippen LogP contribution in [0.3, 0.4) is 0 Å². The molecule has 0 unspecified atom stereocenters. The zero-order chi connectivity index (χ0) is 40.9. The van der Waals surface area contributed by atoms with Gasteiger partial charge in [-0.05, 0) is 68.9 Å². The molecule has 0 atom stereocenters. The third-order valence-electron chi connectivity index (χ3n) is 11.9. The summed E-state index contributed by atoms with van der Waals surface area (Å²) < 4.78 is 6.37. The number of fused-ring (bicyclic) bond motifs is 3. The number of benzene rings is 6. The zero-order valence-corrected chi connectivity index (χ0v) is 38.5. The van der Waals surface area contributed by atoms with Gasteiger partial charge in [-0.15, -0.1) is 53.6 Å². The number of nitrogens with zero attached hydrogens (tertiary/aromatic N) is 2. The Labute approximate surface area is 375 Å². The van der Waals surface area contributed by atoms with E-state index in [9.17, 15) is 0 Å². The quantitative estimate of drug-likeness (QED) is 0.112. The molecule has 0 aliphatic heterocycles.